The first-order valence-electron chi connectivity index (χ1n) is 13.0. The molecule has 1 aromatic heterocycles. The standard InChI is InChI=1S/C26H30F3N5O3/c27-26(28,29)21-3-1-2-17(11-21)15-31-4-6-32(7-5-31)24(35)23-22(34(36)37)16-33(30-23)25-12-18-8-19(13-25)10-20(9-18)14-25/h1-3,11,16,18-20H,4-10,12-15H2. The second-order valence-electron chi connectivity index (χ2n) is 11.5. The number of benzene rings is 1. The van der Waals surface area contributed by atoms with Crippen molar-refractivity contribution in [3.63, 3.8) is 0 Å². The molecule has 2 aromatic rings. The van der Waals surface area contributed by atoms with Gasteiger partial charge in [0.2, 0.25) is 5.69 Å². The Labute approximate surface area is 212 Å². The summed E-state index contributed by atoms with van der Waals surface area (Å²) >= 11 is 0. The zero-order chi connectivity index (χ0) is 25.9. The summed E-state index contributed by atoms with van der Waals surface area (Å²) in [5.41, 5.74) is -0.693. The lowest BCUT2D eigenvalue weighted by atomic mass is 9.53. The smallest absolute Gasteiger partial charge is 0.334 e. The van der Waals surface area contributed by atoms with Gasteiger partial charge in [0, 0.05) is 32.7 Å². The zero-order valence-corrected chi connectivity index (χ0v) is 20.5. The molecule has 0 unspecified atom stereocenters. The molecule has 2 heterocycles. The van der Waals surface area contributed by atoms with E-state index in [1.165, 1.54) is 31.5 Å². The molecule has 4 saturated carbocycles. The molecule has 37 heavy (non-hydrogen) atoms. The molecule has 8 nitrogen and oxygen atoms in total. The molecular formula is C26H30F3N5O3. The number of halogens is 3. The summed E-state index contributed by atoms with van der Waals surface area (Å²) in [7, 11) is 0. The number of rotatable bonds is 5. The molecule has 1 aliphatic heterocycles. The fraction of sp³-hybridized carbons (Fsp3) is 0.615. The van der Waals surface area contributed by atoms with E-state index in [-0.39, 0.29) is 16.9 Å². The Morgan fingerprint density at radius 3 is 2.24 bits per heavy atom. The summed E-state index contributed by atoms with van der Waals surface area (Å²) in [5.74, 6) is 1.46. The highest BCUT2D eigenvalue weighted by molar-refractivity contribution is 5.96. The largest absolute Gasteiger partial charge is 0.416 e. The average Bonchev–Trinajstić information content (AvgIpc) is 3.30. The number of nitro groups is 1. The summed E-state index contributed by atoms with van der Waals surface area (Å²) in [6.07, 6.45) is 3.70. The van der Waals surface area contributed by atoms with Crippen LogP contribution in [0.4, 0.5) is 18.9 Å². The van der Waals surface area contributed by atoms with Crippen LogP contribution in [0.15, 0.2) is 30.5 Å². The predicted molar refractivity (Wildman–Crippen MR) is 128 cm³/mol. The zero-order valence-electron chi connectivity index (χ0n) is 20.5. The van der Waals surface area contributed by atoms with Gasteiger partial charge in [-0.05, 0) is 67.9 Å². The number of carbonyl (C=O) groups excluding carboxylic acids is 1. The van der Waals surface area contributed by atoms with Gasteiger partial charge in [-0.1, -0.05) is 18.2 Å². The monoisotopic (exact) mass is 517 g/mol. The van der Waals surface area contributed by atoms with Gasteiger partial charge in [-0.3, -0.25) is 24.5 Å². The fourth-order valence-electron chi connectivity index (χ4n) is 7.60. The van der Waals surface area contributed by atoms with E-state index in [4.69, 9.17) is 0 Å². The van der Waals surface area contributed by atoms with Crippen LogP contribution in [0, 0.1) is 27.9 Å². The Bertz CT molecular complexity index is 1180. The number of hydrogen-bond acceptors (Lipinski definition) is 5. The van der Waals surface area contributed by atoms with E-state index in [0.29, 0.717) is 56.0 Å². The van der Waals surface area contributed by atoms with Crippen LogP contribution >= 0.6 is 0 Å². The molecule has 4 bridgehead atoms. The molecule has 0 N–H and O–H groups in total. The topological polar surface area (TPSA) is 84.5 Å². The molecule has 1 aromatic carbocycles. The number of amides is 1. The van der Waals surface area contributed by atoms with E-state index in [2.05, 4.69) is 5.10 Å². The van der Waals surface area contributed by atoms with E-state index >= 15 is 0 Å². The minimum absolute atomic E-state index is 0.105. The molecule has 5 aliphatic rings. The first-order valence-corrected chi connectivity index (χ1v) is 13.0. The molecule has 7 rings (SSSR count). The Morgan fingerprint density at radius 1 is 1.05 bits per heavy atom. The van der Waals surface area contributed by atoms with Crippen molar-refractivity contribution in [3.05, 3.63) is 57.4 Å². The van der Waals surface area contributed by atoms with E-state index < -0.39 is 22.6 Å². The molecule has 1 saturated heterocycles. The minimum Gasteiger partial charge on any atom is -0.334 e. The highest BCUT2D eigenvalue weighted by Gasteiger charge is 2.53. The number of piperazine rings is 1. The van der Waals surface area contributed by atoms with Crippen molar-refractivity contribution < 1.29 is 22.9 Å². The normalized spacial score (nSPS) is 29.6. The number of aromatic nitrogens is 2. The van der Waals surface area contributed by atoms with Crippen LogP contribution in [0.5, 0.6) is 0 Å². The molecular weight excluding hydrogens is 487 g/mol. The highest BCUT2D eigenvalue weighted by Crippen LogP contribution is 2.58. The molecule has 0 atom stereocenters. The van der Waals surface area contributed by atoms with Crippen molar-refractivity contribution in [2.24, 2.45) is 17.8 Å². The third kappa shape index (κ3) is 4.51. The molecule has 0 radical (unpaired) electrons. The first-order chi connectivity index (χ1) is 17.6. The van der Waals surface area contributed by atoms with Crippen LogP contribution in [0.2, 0.25) is 0 Å². The third-order valence-electron chi connectivity index (χ3n) is 8.91. The van der Waals surface area contributed by atoms with Gasteiger partial charge in [0.15, 0.2) is 0 Å². The molecule has 11 heteroatoms. The van der Waals surface area contributed by atoms with Crippen LogP contribution in [0.25, 0.3) is 0 Å². The van der Waals surface area contributed by atoms with Gasteiger partial charge in [0.1, 0.15) is 6.20 Å². The Balaban J connectivity index is 1.15. The van der Waals surface area contributed by atoms with Crippen LogP contribution < -0.4 is 0 Å². The average molecular weight is 518 g/mol. The lowest BCUT2D eigenvalue weighted by molar-refractivity contribution is -0.385. The Morgan fingerprint density at radius 2 is 1.68 bits per heavy atom. The van der Waals surface area contributed by atoms with E-state index in [1.807, 2.05) is 4.90 Å². The lowest BCUT2D eigenvalue weighted by Gasteiger charge is -2.56. The van der Waals surface area contributed by atoms with Crippen molar-refractivity contribution in [1.82, 2.24) is 19.6 Å². The summed E-state index contributed by atoms with van der Waals surface area (Å²) < 4.78 is 40.9. The summed E-state index contributed by atoms with van der Waals surface area (Å²) in [4.78, 5) is 28.3. The van der Waals surface area contributed by atoms with Gasteiger partial charge >= 0.3 is 11.9 Å². The Hall–Kier alpha value is -2.95. The van der Waals surface area contributed by atoms with E-state index in [0.717, 1.165) is 31.4 Å². The molecule has 0 spiro atoms. The van der Waals surface area contributed by atoms with Gasteiger partial charge in [-0.25, -0.2) is 0 Å². The molecule has 5 fully saturated rings. The second kappa shape index (κ2) is 8.82. The maximum atomic E-state index is 13.4. The van der Waals surface area contributed by atoms with Gasteiger partial charge in [-0.15, -0.1) is 0 Å². The molecule has 198 valence electrons. The van der Waals surface area contributed by atoms with Gasteiger partial charge < -0.3 is 4.90 Å². The minimum atomic E-state index is -4.39. The van der Waals surface area contributed by atoms with Crippen LogP contribution in [0.1, 0.15) is 60.1 Å². The van der Waals surface area contributed by atoms with Crippen molar-refractivity contribution in [2.45, 2.75) is 56.8 Å². The summed E-state index contributed by atoms with van der Waals surface area (Å²) in [6, 6.07) is 5.26. The molecule has 1 amide bonds. The first kappa shape index (κ1) is 24.4. The number of hydrogen-bond donors (Lipinski definition) is 0. The van der Waals surface area contributed by atoms with Gasteiger partial charge in [0.25, 0.3) is 5.91 Å². The summed E-state index contributed by atoms with van der Waals surface area (Å²) in [6.45, 7) is 1.93. The second-order valence-corrected chi connectivity index (χ2v) is 11.5. The van der Waals surface area contributed by atoms with Crippen LogP contribution in [-0.4, -0.2) is 56.6 Å². The maximum Gasteiger partial charge on any atom is 0.416 e. The highest BCUT2D eigenvalue weighted by atomic mass is 19.4. The Kier molecular flexibility index (Phi) is 5.81. The third-order valence-corrected chi connectivity index (χ3v) is 8.91. The SMILES string of the molecule is O=C(c1nn(C23CC4CC(CC(C4)C2)C3)cc1[N+](=O)[O-])N1CCN(Cc2cccc(C(F)(F)F)c2)CC1. The van der Waals surface area contributed by atoms with Crippen molar-refractivity contribution in [2.75, 3.05) is 26.2 Å². The number of carbonyl (C=O) groups is 1. The summed E-state index contributed by atoms with van der Waals surface area (Å²) in [5, 5.41) is 16.5. The fourth-order valence-corrected chi connectivity index (χ4v) is 7.60. The van der Waals surface area contributed by atoms with Crippen LogP contribution in [0.3, 0.4) is 0 Å². The lowest BCUT2D eigenvalue weighted by Crippen LogP contribution is -2.52. The van der Waals surface area contributed by atoms with Crippen molar-refractivity contribution >= 4 is 11.6 Å². The van der Waals surface area contributed by atoms with Crippen molar-refractivity contribution in [1.29, 1.82) is 0 Å². The predicted octanol–water partition coefficient (Wildman–Crippen LogP) is 4.69. The van der Waals surface area contributed by atoms with Crippen LogP contribution in [-0.2, 0) is 18.3 Å². The number of alkyl halides is 3. The van der Waals surface area contributed by atoms with Crippen molar-refractivity contribution in [3.8, 4) is 0 Å². The van der Waals surface area contributed by atoms with Gasteiger partial charge in [0.05, 0.1) is 16.0 Å². The van der Waals surface area contributed by atoms with Gasteiger partial charge in [-0.2, -0.15) is 18.3 Å². The number of nitrogens with zero attached hydrogens (tertiary/aromatic N) is 5. The quantitative estimate of drug-likeness (QED) is 0.424. The van der Waals surface area contributed by atoms with E-state index in [1.54, 1.807) is 15.6 Å². The molecule has 4 aliphatic carbocycles. The maximum absolute atomic E-state index is 13.4. The van der Waals surface area contributed by atoms with E-state index in [9.17, 15) is 28.1 Å².